The Morgan fingerprint density at radius 3 is 2.61 bits per heavy atom. The van der Waals surface area contributed by atoms with E-state index in [9.17, 15) is 14.0 Å². The van der Waals surface area contributed by atoms with Crippen LogP contribution in [0.2, 0.25) is 0 Å². The maximum Gasteiger partial charge on any atom is 0.173 e. The lowest BCUT2D eigenvalue weighted by Gasteiger charge is -1.99. The number of hydrogen-bond acceptors (Lipinski definition) is 3. The molecule has 1 heterocycles. The number of aromatic nitrogens is 2. The number of rotatable bonds is 4. The predicted octanol–water partition coefficient (Wildman–Crippen LogP) is 2.01. The molecule has 0 N–H and O–H groups in total. The lowest BCUT2D eigenvalue weighted by molar-refractivity contribution is 0.0894. The summed E-state index contributed by atoms with van der Waals surface area (Å²) < 4.78 is 14.4. The van der Waals surface area contributed by atoms with Gasteiger partial charge in [-0.25, -0.2) is 4.39 Å². The highest BCUT2D eigenvalue weighted by molar-refractivity contribution is 6.13. The standard InChI is InChI=1S/C13H11FN2O2/c1-16-8-10(7-15-16)13(18)6-12(17)9-3-2-4-11(14)5-9/h2-5,7-8H,6H2,1H3. The second-order valence-electron chi connectivity index (χ2n) is 3.94. The van der Waals surface area contributed by atoms with Crippen molar-refractivity contribution in [3.05, 3.63) is 53.6 Å². The number of benzene rings is 1. The van der Waals surface area contributed by atoms with Gasteiger partial charge in [0.2, 0.25) is 0 Å². The Morgan fingerprint density at radius 2 is 2.00 bits per heavy atom. The molecule has 4 nitrogen and oxygen atoms in total. The first-order valence-electron chi connectivity index (χ1n) is 5.37. The predicted molar refractivity (Wildman–Crippen MR) is 62.9 cm³/mol. The van der Waals surface area contributed by atoms with E-state index >= 15 is 0 Å². The van der Waals surface area contributed by atoms with Crippen LogP contribution in [0.25, 0.3) is 0 Å². The highest BCUT2D eigenvalue weighted by atomic mass is 19.1. The average molecular weight is 246 g/mol. The Hall–Kier alpha value is -2.30. The van der Waals surface area contributed by atoms with Crippen LogP contribution in [-0.2, 0) is 7.05 Å². The Labute approximate surface area is 103 Å². The summed E-state index contributed by atoms with van der Waals surface area (Å²) in [5, 5.41) is 3.86. The third-order valence-corrected chi connectivity index (χ3v) is 2.49. The van der Waals surface area contributed by atoms with Crippen LogP contribution in [0.1, 0.15) is 27.1 Å². The van der Waals surface area contributed by atoms with E-state index in [0.29, 0.717) is 5.56 Å². The van der Waals surface area contributed by atoms with Gasteiger partial charge in [0, 0.05) is 18.8 Å². The van der Waals surface area contributed by atoms with Crippen molar-refractivity contribution in [1.29, 1.82) is 0 Å². The zero-order valence-electron chi connectivity index (χ0n) is 9.76. The fourth-order valence-electron chi connectivity index (χ4n) is 1.58. The van der Waals surface area contributed by atoms with Crippen molar-refractivity contribution >= 4 is 11.6 Å². The van der Waals surface area contributed by atoms with Crippen molar-refractivity contribution in [3.8, 4) is 0 Å². The molecule has 2 aromatic rings. The molecule has 0 unspecified atom stereocenters. The summed E-state index contributed by atoms with van der Waals surface area (Å²) in [6.07, 6.45) is 2.66. The van der Waals surface area contributed by atoms with Gasteiger partial charge in [-0.1, -0.05) is 12.1 Å². The van der Waals surface area contributed by atoms with Gasteiger partial charge < -0.3 is 0 Å². The molecule has 0 amide bonds. The SMILES string of the molecule is Cn1cc(C(=O)CC(=O)c2cccc(F)c2)cn1. The molecular weight excluding hydrogens is 235 g/mol. The summed E-state index contributed by atoms with van der Waals surface area (Å²) in [6.45, 7) is 0. The summed E-state index contributed by atoms with van der Waals surface area (Å²) in [6, 6.07) is 5.30. The molecule has 0 saturated carbocycles. The quantitative estimate of drug-likeness (QED) is 0.612. The number of ketones is 2. The van der Waals surface area contributed by atoms with Crippen molar-refractivity contribution in [2.24, 2.45) is 7.05 Å². The van der Waals surface area contributed by atoms with Gasteiger partial charge in [0.05, 0.1) is 18.2 Å². The van der Waals surface area contributed by atoms with Crippen LogP contribution in [0.15, 0.2) is 36.7 Å². The Balaban J connectivity index is 2.10. The van der Waals surface area contributed by atoms with E-state index in [1.54, 1.807) is 13.2 Å². The molecule has 0 aliphatic rings. The molecule has 92 valence electrons. The first-order valence-corrected chi connectivity index (χ1v) is 5.37. The zero-order chi connectivity index (χ0) is 13.1. The molecule has 0 fully saturated rings. The van der Waals surface area contributed by atoms with E-state index in [1.165, 1.54) is 29.1 Å². The first-order chi connectivity index (χ1) is 8.56. The number of carbonyl (C=O) groups is 2. The van der Waals surface area contributed by atoms with Crippen LogP contribution in [0, 0.1) is 5.82 Å². The third-order valence-electron chi connectivity index (χ3n) is 2.49. The minimum absolute atomic E-state index is 0.201. The molecule has 0 atom stereocenters. The van der Waals surface area contributed by atoms with Crippen molar-refractivity contribution in [1.82, 2.24) is 9.78 Å². The lowest BCUT2D eigenvalue weighted by Crippen LogP contribution is -2.08. The number of nitrogens with zero attached hydrogens (tertiary/aromatic N) is 2. The average Bonchev–Trinajstić information content (AvgIpc) is 2.76. The molecule has 2 rings (SSSR count). The van der Waals surface area contributed by atoms with Gasteiger partial charge >= 0.3 is 0 Å². The summed E-state index contributed by atoms with van der Waals surface area (Å²) in [5.74, 6) is -1.21. The van der Waals surface area contributed by atoms with E-state index in [1.807, 2.05) is 0 Å². The second kappa shape index (κ2) is 4.91. The Morgan fingerprint density at radius 1 is 1.28 bits per heavy atom. The number of halogens is 1. The summed E-state index contributed by atoms with van der Waals surface area (Å²) in [4.78, 5) is 23.5. The van der Waals surface area contributed by atoms with Crippen LogP contribution in [0.4, 0.5) is 4.39 Å². The molecular formula is C13H11FN2O2. The number of Topliss-reactive ketones (excluding diaryl/α,β-unsaturated/α-hetero) is 2. The molecule has 0 aliphatic carbocycles. The summed E-state index contributed by atoms with van der Waals surface area (Å²) >= 11 is 0. The Kier molecular flexibility index (Phi) is 3.32. The van der Waals surface area contributed by atoms with E-state index in [-0.39, 0.29) is 17.8 Å². The minimum Gasteiger partial charge on any atom is -0.294 e. The van der Waals surface area contributed by atoms with Gasteiger partial charge in [0.1, 0.15) is 5.82 Å². The summed E-state index contributed by atoms with van der Waals surface area (Å²) in [7, 11) is 1.69. The van der Waals surface area contributed by atoms with Gasteiger partial charge in [0.25, 0.3) is 0 Å². The molecule has 0 saturated heterocycles. The van der Waals surface area contributed by atoms with Gasteiger partial charge in [-0.05, 0) is 12.1 Å². The summed E-state index contributed by atoms with van der Waals surface area (Å²) in [5.41, 5.74) is 0.578. The van der Waals surface area contributed by atoms with Crippen molar-refractivity contribution < 1.29 is 14.0 Å². The maximum absolute atomic E-state index is 12.9. The molecule has 0 spiro atoms. The van der Waals surface area contributed by atoms with Gasteiger partial charge in [-0.15, -0.1) is 0 Å². The zero-order valence-corrected chi connectivity index (χ0v) is 9.76. The van der Waals surface area contributed by atoms with Crippen LogP contribution in [0.5, 0.6) is 0 Å². The fraction of sp³-hybridized carbons (Fsp3) is 0.154. The number of carbonyl (C=O) groups excluding carboxylic acids is 2. The van der Waals surface area contributed by atoms with E-state index < -0.39 is 11.6 Å². The molecule has 1 aromatic heterocycles. The molecule has 1 aromatic carbocycles. The van der Waals surface area contributed by atoms with Crippen molar-refractivity contribution in [2.75, 3.05) is 0 Å². The van der Waals surface area contributed by atoms with Gasteiger partial charge in [-0.3, -0.25) is 14.3 Å². The normalized spacial score (nSPS) is 10.3. The van der Waals surface area contributed by atoms with Crippen LogP contribution < -0.4 is 0 Å². The monoisotopic (exact) mass is 246 g/mol. The smallest absolute Gasteiger partial charge is 0.173 e. The van der Waals surface area contributed by atoms with Crippen LogP contribution in [0.3, 0.4) is 0 Å². The molecule has 0 radical (unpaired) electrons. The highest BCUT2D eigenvalue weighted by Crippen LogP contribution is 2.09. The number of hydrogen-bond donors (Lipinski definition) is 0. The van der Waals surface area contributed by atoms with Crippen LogP contribution >= 0.6 is 0 Å². The van der Waals surface area contributed by atoms with E-state index in [4.69, 9.17) is 0 Å². The van der Waals surface area contributed by atoms with Crippen LogP contribution in [-0.4, -0.2) is 21.3 Å². The highest BCUT2D eigenvalue weighted by Gasteiger charge is 2.15. The Bertz CT molecular complexity index is 605. The largest absolute Gasteiger partial charge is 0.294 e. The molecule has 0 aliphatic heterocycles. The van der Waals surface area contributed by atoms with E-state index in [0.717, 1.165) is 6.07 Å². The van der Waals surface area contributed by atoms with E-state index in [2.05, 4.69) is 5.10 Å². The first kappa shape index (κ1) is 12.2. The topological polar surface area (TPSA) is 52.0 Å². The lowest BCUT2D eigenvalue weighted by atomic mass is 10.0. The molecule has 5 heteroatoms. The molecule has 18 heavy (non-hydrogen) atoms. The fourth-order valence-corrected chi connectivity index (χ4v) is 1.58. The third kappa shape index (κ3) is 2.68. The maximum atomic E-state index is 12.9. The second-order valence-corrected chi connectivity index (χ2v) is 3.94. The van der Waals surface area contributed by atoms with Gasteiger partial charge in [0.15, 0.2) is 11.6 Å². The minimum atomic E-state index is -0.491. The van der Waals surface area contributed by atoms with Crippen molar-refractivity contribution in [2.45, 2.75) is 6.42 Å². The van der Waals surface area contributed by atoms with Gasteiger partial charge in [-0.2, -0.15) is 5.10 Å². The molecule has 0 bridgehead atoms. The number of aryl methyl sites for hydroxylation is 1. The van der Waals surface area contributed by atoms with Crippen molar-refractivity contribution in [3.63, 3.8) is 0 Å².